The summed E-state index contributed by atoms with van der Waals surface area (Å²) in [5, 5.41) is 0. The van der Waals surface area contributed by atoms with Gasteiger partial charge in [-0.1, -0.05) is 24.3 Å². The Kier molecular flexibility index (Phi) is 3.18. The Hall–Kier alpha value is -1.77. The quantitative estimate of drug-likeness (QED) is 0.797. The van der Waals surface area contributed by atoms with Crippen LogP contribution in [0.15, 0.2) is 24.3 Å². The summed E-state index contributed by atoms with van der Waals surface area (Å²) < 4.78 is 0. The molecule has 0 fully saturated rings. The molecule has 88 valence electrons. The molecule has 0 heterocycles. The normalized spacial score (nSPS) is 17.9. The van der Waals surface area contributed by atoms with E-state index in [1.807, 2.05) is 12.1 Å². The minimum absolute atomic E-state index is 0.00139. The van der Waals surface area contributed by atoms with Crippen LogP contribution < -0.4 is 0 Å². The van der Waals surface area contributed by atoms with Gasteiger partial charge in [-0.15, -0.1) is 0 Å². The molecule has 1 aliphatic rings. The van der Waals surface area contributed by atoms with Crippen molar-refractivity contribution >= 4 is 17.3 Å². The number of fused-ring (bicyclic) bond motifs is 1. The van der Waals surface area contributed by atoms with E-state index in [-0.39, 0.29) is 42.5 Å². The Morgan fingerprint density at radius 1 is 1.24 bits per heavy atom. The van der Waals surface area contributed by atoms with Crippen molar-refractivity contribution in [1.29, 1.82) is 0 Å². The molecule has 0 N–H and O–H groups in total. The highest BCUT2D eigenvalue weighted by molar-refractivity contribution is 6.07. The van der Waals surface area contributed by atoms with Gasteiger partial charge in [-0.25, -0.2) is 0 Å². The fraction of sp³-hybridized carbons (Fsp3) is 0.357. The van der Waals surface area contributed by atoms with Crippen LogP contribution >= 0.6 is 0 Å². The third kappa shape index (κ3) is 2.33. The zero-order valence-corrected chi connectivity index (χ0v) is 9.73. The van der Waals surface area contributed by atoms with Crippen molar-refractivity contribution in [3.63, 3.8) is 0 Å². The predicted molar refractivity (Wildman–Crippen MR) is 63.1 cm³/mol. The van der Waals surface area contributed by atoms with Gasteiger partial charge in [0.05, 0.1) is 5.92 Å². The van der Waals surface area contributed by atoms with E-state index in [4.69, 9.17) is 0 Å². The molecule has 1 atom stereocenters. The number of ketones is 3. The fourth-order valence-corrected chi connectivity index (χ4v) is 2.22. The molecule has 0 amide bonds. The number of carbonyl (C=O) groups excluding carboxylic acids is 3. The highest BCUT2D eigenvalue weighted by atomic mass is 16.1. The molecular weight excluding hydrogens is 216 g/mol. The molecule has 1 aliphatic carbocycles. The second-order valence-corrected chi connectivity index (χ2v) is 4.44. The molecule has 0 bridgehead atoms. The van der Waals surface area contributed by atoms with Gasteiger partial charge in [-0.2, -0.15) is 0 Å². The van der Waals surface area contributed by atoms with Gasteiger partial charge in [0.25, 0.3) is 0 Å². The molecule has 1 aromatic rings. The van der Waals surface area contributed by atoms with E-state index in [1.54, 1.807) is 12.1 Å². The molecule has 0 spiro atoms. The average Bonchev–Trinajstić information content (AvgIpc) is 2.65. The van der Waals surface area contributed by atoms with Crippen molar-refractivity contribution in [1.82, 2.24) is 0 Å². The van der Waals surface area contributed by atoms with Gasteiger partial charge in [-0.3, -0.25) is 9.59 Å². The minimum Gasteiger partial charge on any atom is -0.300 e. The van der Waals surface area contributed by atoms with Crippen molar-refractivity contribution in [2.45, 2.75) is 32.1 Å². The van der Waals surface area contributed by atoms with E-state index in [0.29, 0.717) is 5.56 Å². The topological polar surface area (TPSA) is 51.2 Å². The first-order valence-electron chi connectivity index (χ1n) is 5.74. The summed E-state index contributed by atoms with van der Waals surface area (Å²) in [5.74, 6) is -0.297. The van der Waals surface area contributed by atoms with Crippen LogP contribution in [0.5, 0.6) is 0 Å². The predicted octanol–water partition coefficient (Wildman–Crippen LogP) is 2.29. The minimum atomic E-state index is -0.335. The number of benzene rings is 1. The Balaban J connectivity index is 2.17. The molecule has 1 aromatic carbocycles. The summed E-state index contributed by atoms with van der Waals surface area (Å²) in [6, 6.07) is 7.23. The SMILES string of the molecule is CC(=O)CCC(=O)C1CC(=O)c2ccccc21. The zero-order valence-electron chi connectivity index (χ0n) is 9.73. The molecule has 3 heteroatoms. The number of Topliss-reactive ketones (excluding diaryl/α,β-unsaturated/α-hetero) is 3. The lowest BCUT2D eigenvalue weighted by molar-refractivity contribution is -0.124. The van der Waals surface area contributed by atoms with Crippen LogP contribution in [0.2, 0.25) is 0 Å². The maximum absolute atomic E-state index is 12.0. The van der Waals surface area contributed by atoms with Gasteiger partial charge in [0.1, 0.15) is 11.6 Å². The second kappa shape index (κ2) is 4.62. The second-order valence-electron chi connectivity index (χ2n) is 4.44. The summed E-state index contributed by atoms with van der Waals surface area (Å²) in [6.45, 7) is 1.47. The molecule has 0 aromatic heterocycles. The smallest absolute Gasteiger partial charge is 0.164 e. The Morgan fingerprint density at radius 2 is 1.94 bits per heavy atom. The maximum Gasteiger partial charge on any atom is 0.164 e. The van der Waals surface area contributed by atoms with Gasteiger partial charge in [0, 0.05) is 24.8 Å². The largest absolute Gasteiger partial charge is 0.300 e. The van der Waals surface area contributed by atoms with Crippen molar-refractivity contribution < 1.29 is 14.4 Å². The molecule has 17 heavy (non-hydrogen) atoms. The summed E-state index contributed by atoms with van der Waals surface area (Å²) in [4.78, 5) is 34.5. The third-order valence-electron chi connectivity index (χ3n) is 3.14. The lowest BCUT2D eigenvalue weighted by Gasteiger charge is -2.08. The lowest BCUT2D eigenvalue weighted by Crippen LogP contribution is -2.11. The number of carbonyl (C=O) groups is 3. The Labute approximate surface area is 99.8 Å². The van der Waals surface area contributed by atoms with E-state index in [0.717, 1.165) is 5.56 Å². The number of hydrogen-bond donors (Lipinski definition) is 0. The fourth-order valence-electron chi connectivity index (χ4n) is 2.22. The van der Waals surface area contributed by atoms with Crippen molar-refractivity contribution in [3.8, 4) is 0 Å². The Bertz CT molecular complexity index is 488. The van der Waals surface area contributed by atoms with Gasteiger partial charge in [-0.05, 0) is 12.5 Å². The van der Waals surface area contributed by atoms with Crippen LogP contribution in [0.3, 0.4) is 0 Å². The van der Waals surface area contributed by atoms with E-state index < -0.39 is 0 Å². The zero-order chi connectivity index (χ0) is 12.4. The molecule has 0 saturated heterocycles. The molecule has 0 saturated carbocycles. The monoisotopic (exact) mass is 230 g/mol. The van der Waals surface area contributed by atoms with E-state index in [1.165, 1.54) is 6.92 Å². The summed E-state index contributed by atoms with van der Waals surface area (Å²) >= 11 is 0. The van der Waals surface area contributed by atoms with Crippen LogP contribution in [-0.4, -0.2) is 17.3 Å². The van der Waals surface area contributed by atoms with E-state index >= 15 is 0 Å². The van der Waals surface area contributed by atoms with Crippen LogP contribution in [0.25, 0.3) is 0 Å². The first kappa shape index (κ1) is 11.7. The number of rotatable bonds is 4. The number of hydrogen-bond acceptors (Lipinski definition) is 3. The van der Waals surface area contributed by atoms with Gasteiger partial charge in [0.2, 0.25) is 0 Å². The first-order valence-corrected chi connectivity index (χ1v) is 5.74. The van der Waals surface area contributed by atoms with Gasteiger partial charge < -0.3 is 4.79 Å². The standard InChI is InChI=1S/C14H14O3/c1-9(15)6-7-13(16)12-8-14(17)11-5-3-2-4-10(11)12/h2-5,12H,6-8H2,1H3. The maximum atomic E-state index is 12.0. The van der Waals surface area contributed by atoms with Crippen LogP contribution in [-0.2, 0) is 9.59 Å². The lowest BCUT2D eigenvalue weighted by atomic mass is 9.93. The molecule has 0 aliphatic heterocycles. The summed E-state index contributed by atoms with van der Waals surface area (Å²) in [5.41, 5.74) is 1.49. The van der Waals surface area contributed by atoms with Crippen LogP contribution in [0.4, 0.5) is 0 Å². The summed E-state index contributed by atoms with van der Waals surface area (Å²) in [6.07, 6.45) is 0.767. The van der Waals surface area contributed by atoms with Crippen molar-refractivity contribution in [2.24, 2.45) is 0 Å². The molecule has 0 radical (unpaired) electrons. The average molecular weight is 230 g/mol. The third-order valence-corrected chi connectivity index (χ3v) is 3.14. The molecule has 2 rings (SSSR count). The summed E-state index contributed by atoms with van der Waals surface area (Å²) in [7, 11) is 0. The molecular formula is C14H14O3. The van der Waals surface area contributed by atoms with Crippen LogP contribution in [0, 0.1) is 0 Å². The van der Waals surface area contributed by atoms with Crippen LogP contribution in [0.1, 0.15) is 48.0 Å². The first-order chi connectivity index (χ1) is 8.09. The molecule has 3 nitrogen and oxygen atoms in total. The van der Waals surface area contributed by atoms with Gasteiger partial charge in [0.15, 0.2) is 5.78 Å². The van der Waals surface area contributed by atoms with Gasteiger partial charge >= 0.3 is 0 Å². The highest BCUT2D eigenvalue weighted by Gasteiger charge is 2.33. The van der Waals surface area contributed by atoms with Crippen molar-refractivity contribution in [2.75, 3.05) is 0 Å². The van der Waals surface area contributed by atoms with E-state index in [2.05, 4.69) is 0 Å². The highest BCUT2D eigenvalue weighted by Crippen LogP contribution is 2.34. The molecule has 1 unspecified atom stereocenters. The van der Waals surface area contributed by atoms with E-state index in [9.17, 15) is 14.4 Å². The van der Waals surface area contributed by atoms with Crippen molar-refractivity contribution in [3.05, 3.63) is 35.4 Å². The Morgan fingerprint density at radius 3 is 2.65 bits per heavy atom.